The number of rotatable bonds is 4. The Bertz CT molecular complexity index is 1410. The summed E-state index contributed by atoms with van der Waals surface area (Å²) in [5, 5.41) is 13.4. The molecule has 174 valence electrons. The van der Waals surface area contributed by atoms with E-state index in [1.54, 1.807) is 30.3 Å². The molecule has 13 nitrogen and oxygen atoms in total. The zero-order valence-corrected chi connectivity index (χ0v) is 18.2. The summed E-state index contributed by atoms with van der Waals surface area (Å²) in [7, 11) is 0. The van der Waals surface area contributed by atoms with Crippen LogP contribution in [0, 0.1) is 0 Å². The van der Waals surface area contributed by atoms with Gasteiger partial charge in [0.15, 0.2) is 0 Å². The molecule has 14 heteroatoms. The molecule has 35 heavy (non-hydrogen) atoms. The predicted molar refractivity (Wildman–Crippen MR) is 119 cm³/mol. The molecular weight excluding hydrogens is 478 g/mol. The highest BCUT2D eigenvalue weighted by Gasteiger charge is 2.54. The lowest BCUT2D eigenvalue weighted by Gasteiger charge is -2.30. The Labute approximate surface area is 199 Å². The monoisotopic (exact) mass is 491 g/mol. The molecule has 0 saturated carbocycles. The van der Waals surface area contributed by atoms with Crippen LogP contribution in [0.5, 0.6) is 0 Å². The summed E-state index contributed by atoms with van der Waals surface area (Å²) < 4.78 is 0.696. The molecule has 5 rings (SSSR count). The Kier molecular flexibility index (Phi) is 5.13. The molecule has 0 aliphatic carbocycles. The smallest absolute Gasteiger partial charge is 0.275 e. The highest BCUT2D eigenvalue weighted by Crippen LogP contribution is 2.32. The normalized spacial score (nSPS) is 20.2. The van der Waals surface area contributed by atoms with Crippen molar-refractivity contribution in [2.75, 3.05) is 4.90 Å². The number of imide groups is 4. The summed E-state index contributed by atoms with van der Waals surface area (Å²) in [6.07, 6.45) is 0. The molecule has 0 bridgehead atoms. The third kappa shape index (κ3) is 3.52. The Morgan fingerprint density at radius 2 is 1.51 bits per heavy atom. The van der Waals surface area contributed by atoms with Gasteiger partial charge < -0.3 is 0 Å². The number of hydrogen-bond acceptors (Lipinski definition) is 10. The number of hydrogen-bond donors (Lipinski definition) is 3. The van der Waals surface area contributed by atoms with Gasteiger partial charge >= 0.3 is 12.1 Å². The van der Waals surface area contributed by atoms with Gasteiger partial charge in [0, 0.05) is 5.56 Å². The van der Waals surface area contributed by atoms with E-state index < -0.39 is 47.3 Å². The fourth-order valence-corrected chi connectivity index (χ4v) is 4.53. The molecule has 1 unspecified atom stereocenters. The molecular formula is C21H13N7O6S. The topological polar surface area (TPSA) is 179 Å². The van der Waals surface area contributed by atoms with Crippen LogP contribution in [0.25, 0.3) is 10.2 Å². The van der Waals surface area contributed by atoms with Gasteiger partial charge in [0.25, 0.3) is 29.2 Å². The van der Waals surface area contributed by atoms with Crippen LogP contribution in [0.15, 0.2) is 64.8 Å². The molecule has 0 radical (unpaired) electrons. The standard InChI is InChI=1S/C21H13N7O6S/c29-14-13(15(30)28(19(34)23-14)20-22-11-8-4-5-9-12(11)35-20)26-27-21(10-6-2-1-3-7-10)16(31)24-18(33)25-17(21)32/h1-9,13H,(H,23,29,34)(H2,24,25,31,32,33). The van der Waals surface area contributed by atoms with Gasteiger partial charge in [-0.15, -0.1) is 0 Å². The van der Waals surface area contributed by atoms with Gasteiger partial charge in [-0.1, -0.05) is 53.8 Å². The van der Waals surface area contributed by atoms with Gasteiger partial charge in [-0.3, -0.25) is 35.1 Å². The third-order valence-corrected chi connectivity index (χ3v) is 6.26. The molecule has 2 fully saturated rings. The summed E-state index contributed by atoms with van der Waals surface area (Å²) in [4.78, 5) is 80.2. The van der Waals surface area contributed by atoms with Gasteiger partial charge in [0.2, 0.25) is 11.2 Å². The number of carbonyl (C=O) groups excluding carboxylic acids is 6. The fraction of sp³-hybridized carbons (Fsp3) is 0.0952. The van der Waals surface area contributed by atoms with Crippen molar-refractivity contribution in [3.05, 3.63) is 60.2 Å². The number of nitrogens with one attached hydrogen (secondary N) is 3. The maximum Gasteiger partial charge on any atom is 0.337 e. The number of carbonyl (C=O) groups is 6. The number of nitrogens with zero attached hydrogens (tertiary/aromatic N) is 4. The van der Waals surface area contributed by atoms with Crippen LogP contribution in [-0.4, -0.2) is 46.7 Å². The Morgan fingerprint density at radius 1 is 0.857 bits per heavy atom. The minimum atomic E-state index is -2.39. The summed E-state index contributed by atoms with van der Waals surface area (Å²) in [5.41, 5.74) is -1.82. The van der Waals surface area contributed by atoms with Crippen molar-refractivity contribution in [2.45, 2.75) is 11.6 Å². The number of para-hydroxylation sites is 1. The van der Waals surface area contributed by atoms with Crippen LogP contribution in [0.3, 0.4) is 0 Å². The number of fused-ring (bicyclic) bond motifs is 1. The molecule has 1 atom stereocenters. The number of benzene rings is 2. The van der Waals surface area contributed by atoms with Gasteiger partial charge in [-0.05, 0) is 12.1 Å². The van der Waals surface area contributed by atoms with Crippen LogP contribution >= 0.6 is 11.3 Å². The second-order valence-corrected chi connectivity index (χ2v) is 8.37. The number of urea groups is 2. The Morgan fingerprint density at radius 3 is 2.20 bits per heavy atom. The molecule has 2 aliphatic heterocycles. The highest BCUT2D eigenvalue weighted by molar-refractivity contribution is 7.22. The molecule has 3 heterocycles. The van der Waals surface area contributed by atoms with Crippen molar-refractivity contribution < 1.29 is 28.8 Å². The van der Waals surface area contributed by atoms with Crippen molar-refractivity contribution in [1.29, 1.82) is 0 Å². The SMILES string of the molecule is O=C1NC(=O)C(N=NC2C(=O)NC(=O)N(c3nc4ccccc4s3)C2=O)(c2ccccc2)C(=O)N1. The van der Waals surface area contributed by atoms with E-state index in [9.17, 15) is 28.8 Å². The van der Waals surface area contributed by atoms with E-state index in [4.69, 9.17) is 0 Å². The zero-order chi connectivity index (χ0) is 24.7. The molecule has 8 amide bonds. The Balaban J connectivity index is 1.55. The van der Waals surface area contributed by atoms with Gasteiger partial charge in [-0.2, -0.15) is 10.2 Å². The maximum atomic E-state index is 13.2. The molecule has 3 N–H and O–H groups in total. The van der Waals surface area contributed by atoms with E-state index in [2.05, 4.69) is 15.2 Å². The van der Waals surface area contributed by atoms with E-state index >= 15 is 0 Å². The highest BCUT2D eigenvalue weighted by atomic mass is 32.1. The second-order valence-electron chi connectivity index (χ2n) is 7.36. The van der Waals surface area contributed by atoms with Crippen LogP contribution in [0.2, 0.25) is 0 Å². The van der Waals surface area contributed by atoms with E-state index in [0.717, 1.165) is 11.3 Å². The van der Waals surface area contributed by atoms with Gasteiger partial charge in [0.05, 0.1) is 10.2 Å². The van der Waals surface area contributed by atoms with Crippen LogP contribution in [0.1, 0.15) is 5.56 Å². The van der Waals surface area contributed by atoms with Crippen LogP contribution in [0.4, 0.5) is 14.7 Å². The average Bonchev–Trinajstić information content (AvgIpc) is 3.24. The first-order valence-electron chi connectivity index (χ1n) is 10.00. The van der Waals surface area contributed by atoms with Crippen LogP contribution < -0.4 is 20.9 Å². The first-order chi connectivity index (χ1) is 16.8. The second kappa shape index (κ2) is 8.18. The summed E-state index contributed by atoms with van der Waals surface area (Å²) in [6.45, 7) is 0. The number of azo groups is 1. The minimum Gasteiger partial charge on any atom is -0.275 e. The first kappa shape index (κ1) is 22.0. The lowest BCUT2D eigenvalue weighted by molar-refractivity contribution is -0.139. The summed E-state index contributed by atoms with van der Waals surface area (Å²) in [5.74, 6) is -4.41. The van der Waals surface area contributed by atoms with Crippen molar-refractivity contribution >= 4 is 62.4 Å². The Hall–Kier alpha value is -4.85. The van der Waals surface area contributed by atoms with Gasteiger partial charge in [0.1, 0.15) is 0 Å². The summed E-state index contributed by atoms with van der Waals surface area (Å²) in [6, 6.07) is 10.4. The largest absolute Gasteiger partial charge is 0.337 e. The number of anilines is 1. The lowest BCUT2D eigenvalue weighted by Crippen LogP contribution is -2.64. The minimum absolute atomic E-state index is 0.00192. The quantitative estimate of drug-likeness (QED) is 0.359. The molecule has 2 saturated heterocycles. The number of amides is 8. The zero-order valence-electron chi connectivity index (χ0n) is 17.4. The fourth-order valence-electron chi connectivity index (χ4n) is 3.56. The van der Waals surface area contributed by atoms with E-state index in [0.29, 0.717) is 15.1 Å². The van der Waals surface area contributed by atoms with Crippen molar-refractivity contribution in [1.82, 2.24) is 20.9 Å². The number of aromatic nitrogens is 1. The molecule has 0 spiro atoms. The number of barbiturate groups is 2. The van der Waals surface area contributed by atoms with Gasteiger partial charge in [-0.25, -0.2) is 19.5 Å². The first-order valence-corrected chi connectivity index (χ1v) is 10.8. The van der Waals surface area contributed by atoms with E-state index in [1.165, 1.54) is 24.3 Å². The maximum absolute atomic E-state index is 13.2. The molecule has 2 aliphatic rings. The predicted octanol–water partition coefficient (Wildman–Crippen LogP) is 0.961. The average molecular weight is 491 g/mol. The van der Waals surface area contributed by atoms with E-state index in [1.807, 2.05) is 16.0 Å². The van der Waals surface area contributed by atoms with Crippen molar-refractivity contribution in [2.24, 2.45) is 10.2 Å². The van der Waals surface area contributed by atoms with E-state index in [-0.39, 0.29) is 10.7 Å². The summed E-state index contributed by atoms with van der Waals surface area (Å²) >= 11 is 1.04. The van der Waals surface area contributed by atoms with Crippen molar-refractivity contribution in [3.63, 3.8) is 0 Å². The molecule has 1 aromatic heterocycles. The van der Waals surface area contributed by atoms with Crippen LogP contribution in [-0.2, 0) is 24.7 Å². The number of thiazole rings is 1. The third-order valence-electron chi connectivity index (χ3n) is 5.24. The lowest BCUT2D eigenvalue weighted by atomic mass is 9.87. The molecule has 3 aromatic rings. The molecule has 2 aromatic carbocycles. The van der Waals surface area contributed by atoms with Crippen molar-refractivity contribution in [3.8, 4) is 0 Å².